The molecular formula is C17H35O2. The molecule has 0 aromatic rings. The molecule has 19 heavy (non-hydrogen) atoms. The molecule has 0 aliphatic carbocycles. The second-order valence-electron chi connectivity index (χ2n) is 5.24. The molecule has 0 bridgehead atoms. The molecule has 0 aliphatic heterocycles. The van der Waals surface area contributed by atoms with Crippen LogP contribution >= 0.6 is 0 Å². The maximum Gasteiger partial charge on any atom is 0.0596 e. The van der Waals surface area contributed by atoms with Gasteiger partial charge in [-0.1, -0.05) is 58.8 Å². The molecule has 1 unspecified atom stereocenters. The lowest BCUT2D eigenvalue weighted by atomic mass is 10.1. The normalized spacial score (nSPS) is 12.8. The molecule has 2 heteroatoms. The summed E-state index contributed by atoms with van der Waals surface area (Å²) in [7, 11) is 0. The number of ether oxygens (including phenoxy) is 2. The molecule has 0 saturated carbocycles. The molecule has 2 nitrogen and oxygen atoms in total. The number of hydrogen-bond acceptors (Lipinski definition) is 2. The van der Waals surface area contributed by atoms with Gasteiger partial charge in [-0.25, -0.2) is 0 Å². The fourth-order valence-electron chi connectivity index (χ4n) is 2.22. The first kappa shape index (κ1) is 18.9. The van der Waals surface area contributed by atoms with Gasteiger partial charge < -0.3 is 9.47 Å². The van der Waals surface area contributed by atoms with E-state index >= 15 is 0 Å². The molecule has 115 valence electrons. The Kier molecular flexibility index (Phi) is 15.9. The molecule has 0 amide bonds. The summed E-state index contributed by atoms with van der Waals surface area (Å²) in [5.74, 6) is 0. The van der Waals surface area contributed by atoms with E-state index < -0.39 is 0 Å². The first-order chi connectivity index (χ1) is 9.35. The van der Waals surface area contributed by atoms with Crippen molar-refractivity contribution in [1.29, 1.82) is 0 Å². The highest BCUT2D eigenvalue weighted by molar-refractivity contribution is 4.58. The summed E-state index contributed by atoms with van der Waals surface area (Å²) >= 11 is 0. The van der Waals surface area contributed by atoms with Crippen molar-refractivity contribution in [3.8, 4) is 0 Å². The van der Waals surface area contributed by atoms with Crippen LogP contribution in [0.3, 0.4) is 0 Å². The van der Waals surface area contributed by atoms with Crippen LogP contribution in [0, 0.1) is 6.92 Å². The van der Waals surface area contributed by atoms with E-state index in [0.29, 0.717) is 6.10 Å². The van der Waals surface area contributed by atoms with Crippen LogP contribution in [-0.4, -0.2) is 25.9 Å². The summed E-state index contributed by atoms with van der Waals surface area (Å²) in [5, 5.41) is 0. The van der Waals surface area contributed by atoms with Crippen molar-refractivity contribution in [2.24, 2.45) is 0 Å². The molecule has 1 radical (unpaired) electrons. The Morgan fingerprint density at radius 3 is 2.32 bits per heavy atom. The summed E-state index contributed by atoms with van der Waals surface area (Å²) < 4.78 is 11.5. The lowest BCUT2D eigenvalue weighted by Crippen LogP contribution is -2.16. The van der Waals surface area contributed by atoms with Crippen LogP contribution in [0.4, 0.5) is 0 Å². The molecule has 1 atom stereocenters. The third-order valence-corrected chi connectivity index (χ3v) is 3.40. The van der Waals surface area contributed by atoms with Crippen LogP contribution in [0.1, 0.15) is 78.1 Å². The summed E-state index contributed by atoms with van der Waals surface area (Å²) in [6, 6.07) is 0. The Labute approximate surface area is 121 Å². The second kappa shape index (κ2) is 16.0. The molecule has 0 N–H and O–H groups in total. The first-order valence-electron chi connectivity index (χ1n) is 8.33. The van der Waals surface area contributed by atoms with Crippen LogP contribution < -0.4 is 0 Å². The SMILES string of the molecule is [CH2]CCCCCCOCCC(CCCCC)OCC. The van der Waals surface area contributed by atoms with E-state index in [-0.39, 0.29) is 0 Å². The summed E-state index contributed by atoms with van der Waals surface area (Å²) in [4.78, 5) is 0. The molecule has 0 fully saturated rings. The maximum absolute atomic E-state index is 5.76. The summed E-state index contributed by atoms with van der Waals surface area (Å²) in [6.07, 6.45) is 12.6. The highest BCUT2D eigenvalue weighted by Gasteiger charge is 2.07. The molecule has 0 aromatic carbocycles. The van der Waals surface area contributed by atoms with Gasteiger partial charge in [0.15, 0.2) is 0 Å². The average molecular weight is 271 g/mol. The molecule has 0 spiro atoms. The topological polar surface area (TPSA) is 18.5 Å². The van der Waals surface area contributed by atoms with Crippen molar-refractivity contribution in [2.75, 3.05) is 19.8 Å². The molecule has 0 rings (SSSR count). The molecule has 0 heterocycles. The van der Waals surface area contributed by atoms with Crippen molar-refractivity contribution < 1.29 is 9.47 Å². The van der Waals surface area contributed by atoms with E-state index in [1.807, 2.05) is 0 Å². The smallest absolute Gasteiger partial charge is 0.0596 e. The number of rotatable bonds is 15. The lowest BCUT2D eigenvalue weighted by Gasteiger charge is -2.16. The average Bonchev–Trinajstić information content (AvgIpc) is 2.42. The maximum atomic E-state index is 5.76. The summed E-state index contributed by atoms with van der Waals surface area (Å²) in [6.45, 7) is 10.8. The van der Waals surface area contributed by atoms with E-state index in [2.05, 4.69) is 20.8 Å². The van der Waals surface area contributed by atoms with E-state index in [9.17, 15) is 0 Å². The van der Waals surface area contributed by atoms with Gasteiger partial charge in [0.1, 0.15) is 0 Å². The highest BCUT2D eigenvalue weighted by atomic mass is 16.5. The molecular weight excluding hydrogens is 236 g/mol. The van der Waals surface area contributed by atoms with Crippen molar-refractivity contribution in [2.45, 2.75) is 84.2 Å². The second-order valence-corrected chi connectivity index (χ2v) is 5.24. The van der Waals surface area contributed by atoms with Gasteiger partial charge >= 0.3 is 0 Å². The van der Waals surface area contributed by atoms with Gasteiger partial charge in [0.25, 0.3) is 0 Å². The van der Waals surface area contributed by atoms with E-state index in [0.717, 1.165) is 32.7 Å². The largest absolute Gasteiger partial charge is 0.381 e. The third kappa shape index (κ3) is 14.1. The fraction of sp³-hybridized carbons (Fsp3) is 0.941. The fourth-order valence-corrected chi connectivity index (χ4v) is 2.22. The van der Waals surface area contributed by atoms with Crippen LogP contribution in [0.2, 0.25) is 0 Å². The van der Waals surface area contributed by atoms with Gasteiger partial charge in [0.05, 0.1) is 6.10 Å². The van der Waals surface area contributed by atoms with Gasteiger partial charge in [-0.3, -0.25) is 0 Å². The Hall–Kier alpha value is -0.0800. The molecule has 0 aliphatic rings. The third-order valence-electron chi connectivity index (χ3n) is 3.40. The zero-order chi connectivity index (χ0) is 14.2. The van der Waals surface area contributed by atoms with Gasteiger partial charge in [0.2, 0.25) is 0 Å². The zero-order valence-corrected chi connectivity index (χ0v) is 13.3. The van der Waals surface area contributed by atoms with E-state index in [4.69, 9.17) is 9.47 Å². The number of hydrogen-bond donors (Lipinski definition) is 0. The van der Waals surface area contributed by atoms with Gasteiger partial charge in [-0.05, 0) is 26.2 Å². The number of unbranched alkanes of at least 4 members (excludes halogenated alkanes) is 6. The Morgan fingerprint density at radius 2 is 1.63 bits per heavy atom. The standard InChI is InChI=1S/C17H35O2/c1-4-7-9-10-12-15-18-16-14-17(19-6-3)13-11-8-5-2/h17H,1,4-16H2,2-3H3. The monoisotopic (exact) mass is 271 g/mol. The lowest BCUT2D eigenvalue weighted by molar-refractivity contribution is 0.0212. The van der Waals surface area contributed by atoms with Crippen molar-refractivity contribution in [1.82, 2.24) is 0 Å². The van der Waals surface area contributed by atoms with E-state index in [1.54, 1.807) is 0 Å². The Morgan fingerprint density at radius 1 is 0.842 bits per heavy atom. The van der Waals surface area contributed by atoms with Crippen molar-refractivity contribution in [3.05, 3.63) is 6.92 Å². The van der Waals surface area contributed by atoms with Crippen LogP contribution in [-0.2, 0) is 9.47 Å². The minimum Gasteiger partial charge on any atom is -0.381 e. The van der Waals surface area contributed by atoms with Crippen molar-refractivity contribution >= 4 is 0 Å². The van der Waals surface area contributed by atoms with Gasteiger partial charge in [-0.15, -0.1) is 0 Å². The minimum atomic E-state index is 0.405. The van der Waals surface area contributed by atoms with Crippen LogP contribution in [0.5, 0.6) is 0 Å². The minimum absolute atomic E-state index is 0.405. The molecule has 0 aromatic heterocycles. The quantitative estimate of drug-likeness (QED) is 0.383. The highest BCUT2D eigenvalue weighted by Crippen LogP contribution is 2.11. The predicted molar refractivity (Wildman–Crippen MR) is 83.4 cm³/mol. The summed E-state index contributed by atoms with van der Waals surface area (Å²) in [5.41, 5.74) is 0. The van der Waals surface area contributed by atoms with Crippen LogP contribution in [0.25, 0.3) is 0 Å². The predicted octanol–water partition coefficient (Wildman–Crippen LogP) is 5.16. The Bertz CT molecular complexity index is 159. The van der Waals surface area contributed by atoms with Gasteiger partial charge in [0, 0.05) is 19.8 Å². The zero-order valence-electron chi connectivity index (χ0n) is 13.3. The van der Waals surface area contributed by atoms with Crippen molar-refractivity contribution in [3.63, 3.8) is 0 Å². The molecule has 0 saturated heterocycles. The van der Waals surface area contributed by atoms with Gasteiger partial charge in [-0.2, -0.15) is 0 Å². The van der Waals surface area contributed by atoms with E-state index in [1.165, 1.54) is 51.4 Å². The Balaban J connectivity index is 3.36. The first-order valence-corrected chi connectivity index (χ1v) is 8.33. The van der Waals surface area contributed by atoms with Crippen LogP contribution in [0.15, 0.2) is 0 Å².